The van der Waals surface area contributed by atoms with Crippen LogP contribution in [0.3, 0.4) is 0 Å². The summed E-state index contributed by atoms with van der Waals surface area (Å²) in [5.41, 5.74) is 3.59. The van der Waals surface area contributed by atoms with Crippen molar-refractivity contribution in [1.29, 1.82) is 0 Å². The second-order valence-electron chi connectivity index (χ2n) is 8.79. The van der Waals surface area contributed by atoms with Crippen molar-refractivity contribution in [1.82, 2.24) is 5.32 Å². The predicted octanol–water partition coefficient (Wildman–Crippen LogP) is 7.00. The molecule has 0 saturated carbocycles. The lowest BCUT2D eigenvalue weighted by molar-refractivity contribution is -0.114. The van der Waals surface area contributed by atoms with Crippen LogP contribution < -0.4 is 10.2 Å². The number of fused-ring (bicyclic) bond motifs is 1. The minimum absolute atomic E-state index is 0.118. The fraction of sp³-hybridized carbons (Fsp3) is 0.0968. The van der Waals surface area contributed by atoms with Crippen molar-refractivity contribution in [3.63, 3.8) is 0 Å². The molecule has 6 heteroatoms. The Hall–Kier alpha value is -4.16. The highest BCUT2D eigenvalue weighted by Gasteiger charge is 2.29. The number of rotatable bonds is 6. The number of para-hydroxylation sites is 1. The van der Waals surface area contributed by atoms with Crippen LogP contribution in [0.25, 0.3) is 6.08 Å². The van der Waals surface area contributed by atoms with E-state index < -0.39 is 0 Å². The van der Waals surface area contributed by atoms with Gasteiger partial charge >= 0.3 is 0 Å². The predicted molar refractivity (Wildman–Crippen MR) is 147 cm³/mol. The third-order valence-electron chi connectivity index (χ3n) is 6.24. The molecule has 0 saturated heterocycles. The van der Waals surface area contributed by atoms with Crippen molar-refractivity contribution in [3.05, 3.63) is 136 Å². The van der Waals surface area contributed by atoms with Gasteiger partial charge in [-0.2, -0.15) is 0 Å². The lowest BCUT2D eigenvalue weighted by atomic mass is 10.1. The molecule has 1 aliphatic heterocycles. The van der Waals surface area contributed by atoms with Gasteiger partial charge in [0.25, 0.3) is 11.8 Å². The molecule has 1 heterocycles. The molecule has 1 aliphatic rings. The maximum atomic E-state index is 14.4. The number of nitrogens with one attached hydrogen (secondary N) is 1. The van der Waals surface area contributed by atoms with E-state index in [1.807, 2.05) is 79.7 Å². The van der Waals surface area contributed by atoms with Crippen LogP contribution in [0.5, 0.6) is 0 Å². The summed E-state index contributed by atoms with van der Waals surface area (Å²) in [6, 6.07) is 30.9. The van der Waals surface area contributed by atoms with Crippen LogP contribution in [-0.4, -0.2) is 11.8 Å². The van der Waals surface area contributed by atoms with Gasteiger partial charge in [-0.3, -0.25) is 9.59 Å². The monoisotopic (exact) mass is 508 g/mol. The molecule has 4 nitrogen and oxygen atoms in total. The Morgan fingerprint density at radius 3 is 2.35 bits per heavy atom. The quantitative estimate of drug-likeness (QED) is 0.285. The van der Waals surface area contributed by atoms with E-state index in [1.54, 1.807) is 35.2 Å². The van der Waals surface area contributed by atoms with Gasteiger partial charge in [-0.05, 0) is 54.5 Å². The molecule has 184 valence electrons. The molecule has 0 unspecified atom stereocenters. The van der Waals surface area contributed by atoms with Gasteiger partial charge in [0.05, 0.1) is 23.2 Å². The number of thioether (sulfide) groups is 1. The first kappa shape index (κ1) is 24.5. The van der Waals surface area contributed by atoms with Gasteiger partial charge < -0.3 is 10.2 Å². The first-order valence-electron chi connectivity index (χ1n) is 12.0. The van der Waals surface area contributed by atoms with Gasteiger partial charge in [-0.15, -0.1) is 0 Å². The van der Waals surface area contributed by atoms with Crippen LogP contribution in [0.4, 0.5) is 10.1 Å². The smallest absolute Gasteiger partial charge is 0.265 e. The summed E-state index contributed by atoms with van der Waals surface area (Å²) >= 11 is 1.39. The zero-order valence-corrected chi connectivity index (χ0v) is 21.0. The summed E-state index contributed by atoms with van der Waals surface area (Å²) in [6.45, 7) is 2.09. The van der Waals surface area contributed by atoms with Gasteiger partial charge in [0, 0.05) is 16.0 Å². The third-order valence-corrected chi connectivity index (χ3v) is 7.31. The molecule has 1 atom stereocenters. The van der Waals surface area contributed by atoms with E-state index in [-0.39, 0.29) is 30.2 Å². The highest BCUT2D eigenvalue weighted by molar-refractivity contribution is 8.04. The minimum atomic E-state index is -0.341. The van der Waals surface area contributed by atoms with E-state index in [4.69, 9.17) is 0 Å². The Kier molecular flexibility index (Phi) is 7.19. The number of hydrogen-bond donors (Lipinski definition) is 1. The fourth-order valence-electron chi connectivity index (χ4n) is 4.20. The minimum Gasteiger partial charge on any atom is -0.346 e. The van der Waals surface area contributed by atoms with Gasteiger partial charge in [0.1, 0.15) is 5.82 Å². The molecule has 4 aromatic carbocycles. The number of carbonyl (C=O) groups excluding carboxylic acids is 2. The molecular weight excluding hydrogens is 483 g/mol. The number of nitrogens with zero attached hydrogens (tertiary/aromatic N) is 1. The second-order valence-corrected chi connectivity index (χ2v) is 9.87. The van der Waals surface area contributed by atoms with Crippen molar-refractivity contribution in [2.45, 2.75) is 24.4 Å². The van der Waals surface area contributed by atoms with Gasteiger partial charge in [0.2, 0.25) is 0 Å². The Bertz CT molecular complexity index is 1470. The van der Waals surface area contributed by atoms with E-state index >= 15 is 0 Å². The molecule has 0 fully saturated rings. The molecule has 0 spiro atoms. The van der Waals surface area contributed by atoms with Crippen LogP contribution in [0.1, 0.15) is 40.0 Å². The first-order chi connectivity index (χ1) is 18.0. The SMILES string of the molecule is C[C@@H](NC(=O)c1ccc(/C=C2\Sc3ccccc3N(Cc3ccccc3F)C2=O)cc1)c1ccccc1. The topological polar surface area (TPSA) is 49.4 Å². The van der Waals surface area contributed by atoms with Crippen LogP contribution in [0.15, 0.2) is 113 Å². The molecule has 1 N–H and O–H groups in total. The average molecular weight is 509 g/mol. The van der Waals surface area contributed by atoms with Crippen molar-refractivity contribution in [3.8, 4) is 0 Å². The maximum Gasteiger partial charge on any atom is 0.265 e. The summed E-state index contributed by atoms with van der Waals surface area (Å²) in [5, 5.41) is 3.01. The highest BCUT2D eigenvalue weighted by Crippen LogP contribution is 2.42. The zero-order valence-electron chi connectivity index (χ0n) is 20.2. The molecule has 0 aromatic heterocycles. The summed E-state index contributed by atoms with van der Waals surface area (Å²) in [7, 11) is 0. The van der Waals surface area contributed by atoms with E-state index in [2.05, 4.69) is 5.32 Å². The fourth-order valence-corrected chi connectivity index (χ4v) is 5.26. The normalized spacial score (nSPS) is 14.8. The van der Waals surface area contributed by atoms with E-state index in [0.29, 0.717) is 16.0 Å². The van der Waals surface area contributed by atoms with Crippen LogP contribution in [0, 0.1) is 5.82 Å². The van der Waals surface area contributed by atoms with E-state index in [0.717, 1.165) is 21.7 Å². The summed E-state index contributed by atoms with van der Waals surface area (Å²) in [6.07, 6.45) is 1.81. The molecule has 0 radical (unpaired) electrons. The van der Waals surface area contributed by atoms with Crippen LogP contribution >= 0.6 is 11.8 Å². The lowest BCUT2D eigenvalue weighted by Crippen LogP contribution is -2.34. The molecule has 4 aromatic rings. The van der Waals surface area contributed by atoms with Gasteiger partial charge in [-0.1, -0.05) is 84.6 Å². The molecular formula is C31H25FN2O2S. The molecule has 37 heavy (non-hydrogen) atoms. The second kappa shape index (κ2) is 10.8. The highest BCUT2D eigenvalue weighted by atomic mass is 32.2. The largest absolute Gasteiger partial charge is 0.346 e. The molecule has 5 rings (SSSR count). The van der Waals surface area contributed by atoms with Crippen LogP contribution in [0.2, 0.25) is 0 Å². The van der Waals surface area contributed by atoms with Crippen LogP contribution in [-0.2, 0) is 11.3 Å². The first-order valence-corrected chi connectivity index (χ1v) is 12.8. The zero-order chi connectivity index (χ0) is 25.8. The van der Waals surface area contributed by atoms with Crippen molar-refractivity contribution in [2.24, 2.45) is 0 Å². The van der Waals surface area contributed by atoms with E-state index in [9.17, 15) is 14.0 Å². The number of carbonyl (C=O) groups is 2. The molecule has 0 bridgehead atoms. The number of hydrogen-bond acceptors (Lipinski definition) is 3. The number of halogens is 1. The van der Waals surface area contributed by atoms with Gasteiger partial charge in [-0.25, -0.2) is 4.39 Å². The molecule has 2 amide bonds. The Morgan fingerprint density at radius 1 is 0.919 bits per heavy atom. The lowest BCUT2D eigenvalue weighted by Gasteiger charge is -2.30. The van der Waals surface area contributed by atoms with E-state index in [1.165, 1.54) is 17.8 Å². The number of benzene rings is 4. The summed E-state index contributed by atoms with van der Waals surface area (Å²) in [4.78, 5) is 29.3. The summed E-state index contributed by atoms with van der Waals surface area (Å²) in [5.74, 6) is -0.693. The number of amides is 2. The average Bonchev–Trinajstić information content (AvgIpc) is 2.93. The third kappa shape index (κ3) is 5.49. The van der Waals surface area contributed by atoms with Crippen molar-refractivity contribution < 1.29 is 14.0 Å². The Balaban J connectivity index is 1.36. The van der Waals surface area contributed by atoms with Crippen molar-refractivity contribution in [2.75, 3.05) is 4.90 Å². The maximum absolute atomic E-state index is 14.4. The number of anilines is 1. The standard InChI is InChI=1S/C31H25FN2O2S/c1-21(23-9-3-2-4-10-23)33-30(35)24-17-15-22(16-18-24)19-29-31(36)34(20-25-11-5-6-12-26(25)32)27-13-7-8-14-28(27)37-29/h2-19,21H,20H2,1H3,(H,33,35)/b29-19-/t21-/m1/s1. The summed E-state index contributed by atoms with van der Waals surface area (Å²) < 4.78 is 14.4. The van der Waals surface area contributed by atoms with Gasteiger partial charge in [0.15, 0.2) is 0 Å². The van der Waals surface area contributed by atoms with Crippen molar-refractivity contribution >= 4 is 35.3 Å². The Morgan fingerprint density at radius 2 is 1.59 bits per heavy atom. The Labute approximate surface area is 219 Å². The molecule has 0 aliphatic carbocycles.